The van der Waals surface area contributed by atoms with Crippen LogP contribution in [0.5, 0.6) is 0 Å². The Morgan fingerprint density at radius 3 is 1.04 bits per heavy atom. The third-order valence-corrected chi connectivity index (χ3v) is 16.0. The van der Waals surface area contributed by atoms with Crippen LogP contribution in [0.4, 0.5) is 31.4 Å². The fourth-order valence-corrected chi connectivity index (χ4v) is 10.0. The highest BCUT2D eigenvalue weighted by molar-refractivity contribution is 6.34. The normalized spacial score (nSPS) is 38.9. The van der Waals surface area contributed by atoms with Gasteiger partial charge in [-0.2, -0.15) is 0 Å². The first-order chi connectivity index (χ1) is 55.6. The summed E-state index contributed by atoms with van der Waals surface area (Å²) >= 11 is 19.0. The average Bonchev–Trinajstić information content (AvgIpc) is 0.683. The molecule has 3 heterocycles. The summed E-state index contributed by atoms with van der Waals surface area (Å²) in [5.41, 5.74) is 0.254. The van der Waals surface area contributed by atoms with Gasteiger partial charge in [0.1, 0.15) is 0 Å². The van der Waals surface area contributed by atoms with Gasteiger partial charge in [-0.1, -0.05) is 71.2 Å². The second kappa shape index (κ2) is 33.7. The zero-order chi connectivity index (χ0) is 95.8. The van der Waals surface area contributed by atoms with Crippen molar-refractivity contribution in [2.75, 3.05) is 154 Å². The van der Waals surface area contributed by atoms with Gasteiger partial charge in [-0.15, -0.1) is 0 Å². The lowest BCUT2D eigenvalue weighted by molar-refractivity contribution is 0.194. The Hall–Kier alpha value is -4.38. The van der Waals surface area contributed by atoms with Crippen molar-refractivity contribution < 1.29 is 69.2 Å². The van der Waals surface area contributed by atoms with E-state index in [0.717, 1.165) is 14.1 Å². The van der Waals surface area contributed by atoms with Gasteiger partial charge in [0.2, 0.25) is 0 Å². The summed E-state index contributed by atoms with van der Waals surface area (Å²) in [5, 5.41) is 7.59. The van der Waals surface area contributed by atoms with Crippen molar-refractivity contribution in [3.63, 3.8) is 0 Å². The van der Waals surface area contributed by atoms with Crippen molar-refractivity contribution >= 4 is 70.0 Å². The number of nitrogens with one attached hydrogen (secondary N) is 3. The number of aryl methyl sites for hydroxylation is 3. The fourth-order valence-electron chi connectivity index (χ4n) is 9.39. The first-order valence-electron chi connectivity index (χ1n) is 47.7. The Morgan fingerprint density at radius 1 is 0.452 bits per heavy atom. The zero-order valence-corrected chi connectivity index (χ0v) is 50.5. The standard InChI is InChI=1S/3C22H35ClN4O/c3*1-17-5-4-6-20(21(17)23)27-15-13-26(14-16-27)12-11-18-7-9-19(10-8-18)24-22(28)25(2)3/h3*4-6,18-19H,7-16H2,1-3H3,(H,24,28)/i2D3,11D2,12D2,13D2,14D2,15D2,16D2;11D2,12D2,13D2,14D2,15D2,16D2;2D3,12D2,13D2,14D2,15D2,16D2. The number of carbonyl (C=O) groups is 3. The molecule has 0 unspecified atom stereocenters. The van der Waals surface area contributed by atoms with E-state index in [0.29, 0.717) is 69.9 Å². The SMILES string of the molecule is [2H]C([2H])(C1CCC(NC(=O)N(C)C)CC1)C([2H])([2H])N1C([2H])([2H])C([2H])([2H])N(c2cccc(C)c2Cl)C([2H])([2H])C1([2H])[2H].[2H]C([2H])([2H])N(C)C(=O)NC1CCC(C([2H])([2H])C([2H])([2H])N2C([2H])([2H])C([2H])([2H])N(c3cccc(C)c3Cl)C([2H])([2H])C2([2H])[2H])CC1.[2H]C([2H])([2H])N(C)C(=O)NC1CCC(CC([2H])([2H])N2C([2H])([2H])C([2H])([2H])N(c3cccc(C)c3Cl)C([2H])([2H])C2([2H])[2H])CC1. The number of piperazine rings is 3. The molecule has 3 saturated carbocycles. The Labute approximate surface area is 577 Å². The van der Waals surface area contributed by atoms with E-state index in [1.54, 1.807) is 40.1 Å². The molecule has 3 N–H and O–H groups in total. The number of amides is 6. The summed E-state index contributed by atoms with van der Waals surface area (Å²) < 4.78 is 340. The average molecular weight is 1260 g/mol. The lowest BCUT2D eigenvalue weighted by Gasteiger charge is -2.37. The number of benzene rings is 3. The maximum absolute atomic E-state index is 12.3. The van der Waals surface area contributed by atoms with Crippen LogP contribution in [0.2, 0.25) is 15.1 Å². The van der Waals surface area contributed by atoms with E-state index in [-0.39, 0.29) is 113 Å². The number of hydrogen-bond donors (Lipinski definition) is 3. The molecule has 3 aliphatic carbocycles. The van der Waals surface area contributed by atoms with E-state index in [1.807, 2.05) is 0 Å². The molecule has 0 bridgehead atoms. The second-order valence-electron chi connectivity index (χ2n) is 21.1. The Kier molecular flexibility index (Phi) is 12.5. The highest BCUT2D eigenvalue weighted by atomic mass is 35.5. The topological polar surface area (TPSA) is 116 Å². The summed E-state index contributed by atoms with van der Waals surface area (Å²) in [6.07, 6.45) is -4.22. The Balaban J connectivity index is 0.000000256. The molecule has 0 atom stereocenters. The quantitative estimate of drug-likeness (QED) is 0.137. The minimum atomic E-state index is -3.66. The molecular formula is C66H105Cl3N12O3. The maximum atomic E-state index is 12.3. The van der Waals surface area contributed by atoms with E-state index in [2.05, 4.69) is 16.0 Å². The van der Waals surface area contributed by atoms with Crippen LogP contribution in [0.15, 0.2) is 54.6 Å². The summed E-state index contributed by atoms with van der Waals surface area (Å²) in [7, 11) is 5.38. The number of urea groups is 3. The molecule has 3 aliphatic heterocycles. The van der Waals surface area contributed by atoms with E-state index >= 15 is 0 Å². The third-order valence-electron chi connectivity index (χ3n) is 14.5. The molecule has 84 heavy (non-hydrogen) atoms. The molecule has 6 fully saturated rings. The molecular weight excluding hydrogens is 1120 g/mol. The summed E-state index contributed by atoms with van der Waals surface area (Å²) in [6.45, 7) is -52.1. The van der Waals surface area contributed by atoms with Gasteiger partial charge in [0.15, 0.2) is 0 Å². The monoisotopic (exact) mass is 1260 g/mol. The van der Waals surface area contributed by atoms with Gasteiger partial charge >= 0.3 is 18.1 Å². The van der Waals surface area contributed by atoms with Gasteiger partial charge in [0, 0.05) is 177 Å². The van der Waals surface area contributed by atoms with Gasteiger partial charge < -0.3 is 45.3 Å². The lowest BCUT2D eigenvalue weighted by Crippen LogP contribution is -2.47. The van der Waals surface area contributed by atoms with E-state index in [4.69, 9.17) is 89.6 Å². The molecule has 18 heteroatoms. The van der Waals surface area contributed by atoms with Crippen molar-refractivity contribution in [3.8, 4) is 0 Å². The molecule has 3 aromatic rings. The molecule has 0 radical (unpaired) electrons. The van der Waals surface area contributed by atoms with Crippen LogP contribution in [0.1, 0.15) is 168 Å². The highest BCUT2D eigenvalue weighted by Gasteiger charge is 2.29. The third kappa shape index (κ3) is 20.6. The van der Waals surface area contributed by atoms with Crippen molar-refractivity contribution in [3.05, 3.63) is 86.4 Å². The summed E-state index contributed by atoms with van der Waals surface area (Å²) in [6, 6.07) is 9.40. The van der Waals surface area contributed by atoms with E-state index in [9.17, 15) is 14.4 Å². The van der Waals surface area contributed by atoms with Crippen molar-refractivity contribution in [1.82, 2.24) is 45.3 Å². The van der Waals surface area contributed by atoms with Crippen LogP contribution in [0, 0.1) is 38.5 Å². The number of halogens is 3. The summed E-state index contributed by atoms with van der Waals surface area (Å²) in [4.78, 5) is 39.2. The second-order valence-corrected chi connectivity index (χ2v) is 22.3. The van der Waals surface area contributed by atoms with Gasteiger partial charge in [0.25, 0.3) is 0 Å². The molecule has 0 spiro atoms. The van der Waals surface area contributed by atoms with Crippen LogP contribution in [-0.2, 0) is 0 Å². The molecule has 3 saturated heterocycles. The van der Waals surface area contributed by atoms with Gasteiger partial charge in [-0.3, -0.25) is 14.7 Å². The first-order valence-corrected chi connectivity index (χ1v) is 28.8. The minimum absolute atomic E-state index is 0.0341. The molecule has 3 aromatic carbocycles. The predicted molar refractivity (Wildman–Crippen MR) is 352 cm³/mol. The number of rotatable bonds is 15. The lowest BCUT2D eigenvalue weighted by atomic mass is 9.84. The van der Waals surface area contributed by atoms with Crippen LogP contribution in [0.25, 0.3) is 0 Å². The maximum Gasteiger partial charge on any atom is 0.317 e. The van der Waals surface area contributed by atoms with E-state index < -0.39 is 166 Å². The fraction of sp³-hybridized carbons (Fsp3) is 0.682. The molecule has 6 aliphatic rings. The molecule has 6 amide bonds. The van der Waals surface area contributed by atoms with Crippen LogP contribution in [0.3, 0.4) is 0 Å². The summed E-state index contributed by atoms with van der Waals surface area (Å²) in [5.74, 6) is -2.66. The van der Waals surface area contributed by atoms with Crippen molar-refractivity contribution in [2.45, 2.75) is 135 Å². The molecule has 0 aromatic heterocycles. The Morgan fingerprint density at radius 2 is 0.738 bits per heavy atom. The van der Waals surface area contributed by atoms with Gasteiger partial charge in [0.05, 0.1) is 48.6 Å². The minimum Gasteiger partial charge on any atom is -0.368 e. The highest BCUT2D eigenvalue weighted by Crippen LogP contribution is 2.34. The number of hydrogen-bond acceptors (Lipinski definition) is 9. The Bertz CT molecular complexity index is 4240. The molecule has 15 nitrogen and oxygen atoms in total. The smallest absolute Gasteiger partial charge is 0.317 e. The molecule has 9 rings (SSSR count). The van der Waals surface area contributed by atoms with E-state index in [1.165, 1.54) is 54.3 Å². The molecule has 468 valence electrons. The van der Waals surface area contributed by atoms with Crippen molar-refractivity contribution in [2.24, 2.45) is 17.8 Å². The zero-order valence-electron chi connectivity index (χ0n) is 88.2. The van der Waals surface area contributed by atoms with Crippen LogP contribution < -0.4 is 30.7 Å². The first kappa shape index (κ1) is 31.2. The van der Waals surface area contributed by atoms with Crippen LogP contribution in [-0.4, -0.2) is 205 Å². The van der Waals surface area contributed by atoms with Crippen LogP contribution >= 0.6 is 34.8 Å². The predicted octanol–water partition coefficient (Wildman–Crippen LogP) is 12.0. The number of anilines is 3. The van der Waals surface area contributed by atoms with Gasteiger partial charge in [-0.25, -0.2) is 14.4 Å². The van der Waals surface area contributed by atoms with Crippen molar-refractivity contribution in [1.29, 1.82) is 0 Å². The van der Waals surface area contributed by atoms with Gasteiger partial charge in [-0.05, 0) is 189 Å². The largest absolute Gasteiger partial charge is 0.368 e. The number of nitrogens with zero attached hydrogens (tertiary/aromatic N) is 9. The number of carbonyl (C=O) groups excluding carboxylic acids is 3.